The minimum Gasteiger partial charge on any atom is -0.461 e. The zero-order valence-corrected chi connectivity index (χ0v) is 17.0. The molecule has 3 aromatic rings. The van der Waals surface area contributed by atoms with Crippen LogP contribution in [0.1, 0.15) is 15.9 Å². The van der Waals surface area contributed by atoms with E-state index in [0.717, 1.165) is 5.56 Å². The van der Waals surface area contributed by atoms with Gasteiger partial charge in [-0.3, -0.25) is 4.79 Å². The summed E-state index contributed by atoms with van der Waals surface area (Å²) in [5.41, 5.74) is 1.58. The Labute approximate surface area is 165 Å². The van der Waals surface area contributed by atoms with Crippen LogP contribution < -0.4 is 5.43 Å². The van der Waals surface area contributed by atoms with Gasteiger partial charge in [-0.25, -0.2) is 4.79 Å². The van der Waals surface area contributed by atoms with Gasteiger partial charge in [-0.05, 0) is 33.2 Å². The lowest BCUT2D eigenvalue weighted by Crippen LogP contribution is -2.20. The zero-order valence-electron chi connectivity index (χ0n) is 15.4. The van der Waals surface area contributed by atoms with Crippen molar-refractivity contribution in [3.05, 3.63) is 68.3 Å². The summed E-state index contributed by atoms with van der Waals surface area (Å²) < 4.78 is 12.0. The van der Waals surface area contributed by atoms with Crippen molar-refractivity contribution in [2.24, 2.45) is 0 Å². The van der Waals surface area contributed by atoms with Gasteiger partial charge in [-0.2, -0.15) is 0 Å². The molecule has 3 rings (SSSR count). The number of carbonyl (C=O) groups is 1. The first-order valence-corrected chi connectivity index (χ1v) is 9.32. The van der Waals surface area contributed by atoms with Crippen molar-refractivity contribution < 1.29 is 13.9 Å². The zero-order chi connectivity index (χ0) is 19.6. The number of ether oxygens (including phenoxy) is 1. The number of hydrogen-bond donors (Lipinski definition) is 0. The standard InChI is InChI=1S/C21H20BrNO4/c1-13-18(24)16-11-15(22)12-17(21(25)26-10-9-23(2)3)20(16)27-19(13)14-7-5-4-6-8-14/h4-8,11-12H,9-10H2,1-3H3. The summed E-state index contributed by atoms with van der Waals surface area (Å²) in [5.74, 6) is -0.0630. The third-order valence-corrected chi connectivity index (χ3v) is 4.67. The topological polar surface area (TPSA) is 59.8 Å². The summed E-state index contributed by atoms with van der Waals surface area (Å²) in [4.78, 5) is 27.4. The Bertz CT molecular complexity index is 1040. The van der Waals surface area contributed by atoms with Crippen LogP contribution in [0.15, 0.2) is 56.1 Å². The van der Waals surface area contributed by atoms with Crippen molar-refractivity contribution in [3.8, 4) is 11.3 Å². The smallest absolute Gasteiger partial charge is 0.342 e. The van der Waals surface area contributed by atoms with Crippen LogP contribution in [0.4, 0.5) is 0 Å². The normalized spacial score (nSPS) is 11.1. The Morgan fingerprint density at radius 1 is 1.19 bits per heavy atom. The van der Waals surface area contributed by atoms with E-state index in [-0.39, 0.29) is 23.2 Å². The lowest BCUT2D eigenvalue weighted by Gasteiger charge is -2.12. The third-order valence-electron chi connectivity index (χ3n) is 4.21. The fraction of sp³-hybridized carbons (Fsp3) is 0.238. The van der Waals surface area contributed by atoms with Crippen LogP contribution >= 0.6 is 15.9 Å². The predicted molar refractivity (Wildman–Crippen MR) is 109 cm³/mol. The van der Waals surface area contributed by atoms with Crippen LogP contribution in [0.2, 0.25) is 0 Å². The van der Waals surface area contributed by atoms with Gasteiger partial charge in [0.15, 0.2) is 11.0 Å². The van der Waals surface area contributed by atoms with Gasteiger partial charge in [0.1, 0.15) is 17.9 Å². The van der Waals surface area contributed by atoms with E-state index in [0.29, 0.717) is 27.7 Å². The molecule has 0 fully saturated rings. The second-order valence-electron chi connectivity index (χ2n) is 6.52. The summed E-state index contributed by atoms with van der Waals surface area (Å²) in [6.07, 6.45) is 0. The quantitative estimate of drug-likeness (QED) is 0.567. The van der Waals surface area contributed by atoms with Gasteiger partial charge in [-0.1, -0.05) is 46.3 Å². The van der Waals surface area contributed by atoms with Crippen molar-refractivity contribution in [2.75, 3.05) is 27.2 Å². The van der Waals surface area contributed by atoms with Crippen LogP contribution in [0.5, 0.6) is 0 Å². The first-order chi connectivity index (χ1) is 12.9. The molecule has 1 heterocycles. The highest BCUT2D eigenvalue weighted by Gasteiger charge is 2.20. The number of hydrogen-bond acceptors (Lipinski definition) is 5. The molecular formula is C21H20BrNO4. The van der Waals surface area contributed by atoms with Gasteiger partial charge in [0.2, 0.25) is 0 Å². The van der Waals surface area contributed by atoms with Crippen molar-refractivity contribution in [1.29, 1.82) is 0 Å². The van der Waals surface area contributed by atoms with Crippen LogP contribution in [0.3, 0.4) is 0 Å². The largest absolute Gasteiger partial charge is 0.461 e. The Hall–Kier alpha value is -2.44. The Balaban J connectivity index is 2.15. The molecule has 0 aliphatic rings. The van der Waals surface area contributed by atoms with Crippen molar-refractivity contribution in [1.82, 2.24) is 4.90 Å². The number of halogens is 1. The molecule has 0 aliphatic carbocycles. The molecule has 0 saturated carbocycles. The fourth-order valence-electron chi connectivity index (χ4n) is 2.77. The Morgan fingerprint density at radius 3 is 2.56 bits per heavy atom. The van der Waals surface area contributed by atoms with Gasteiger partial charge in [-0.15, -0.1) is 0 Å². The first-order valence-electron chi connectivity index (χ1n) is 8.52. The number of fused-ring (bicyclic) bond motifs is 1. The van der Waals surface area contributed by atoms with E-state index >= 15 is 0 Å². The molecule has 0 saturated heterocycles. The number of likely N-dealkylation sites (N-methyl/N-ethyl adjacent to an activating group) is 1. The minimum absolute atomic E-state index is 0.168. The van der Waals surface area contributed by atoms with Crippen LogP contribution in [-0.4, -0.2) is 38.1 Å². The predicted octanol–water partition coefficient (Wildman–Crippen LogP) is 4.25. The highest BCUT2D eigenvalue weighted by molar-refractivity contribution is 9.10. The molecule has 0 amide bonds. The molecule has 5 nitrogen and oxygen atoms in total. The van der Waals surface area contributed by atoms with E-state index < -0.39 is 5.97 Å². The number of benzene rings is 2. The molecule has 0 N–H and O–H groups in total. The Kier molecular flexibility index (Phi) is 5.77. The molecule has 140 valence electrons. The monoisotopic (exact) mass is 429 g/mol. The molecule has 0 atom stereocenters. The highest BCUT2D eigenvalue weighted by Crippen LogP contribution is 2.29. The fourth-order valence-corrected chi connectivity index (χ4v) is 3.23. The number of esters is 1. The van der Waals surface area contributed by atoms with E-state index in [1.54, 1.807) is 19.1 Å². The van der Waals surface area contributed by atoms with E-state index in [4.69, 9.17) is 9.15 Å². The maximum atomic E-state index is 12.9. The van der Waals surface area contributed by atoms with E-state index in [1.165, 1.54) is 0 Å². The highest BCUT2D eigenvalue weighted by atomic mass is 79.9. The average Bonchev–Trinajstić information content (AvgIpc) is 2.64. The van der Waals surface area contributed by atoms with Crippen molar-refractivity contribution >= 4 is 32.9 Å². The second kappa shape index (κ2) is 8.06. The molecule has 6 heteroatoms. The van der Waals surface area contributed by atoms with Crippen molar-refractivity contribution in [3.63, 3.8) is 0 Å². The second-order valence-corrected chi connectivity index (χ2v) is 7.44. The molecule has 1 aromatic heterocycles. The van der Waals surface area contributed by atoms with Gasteiger partial charge >= 0.3 is 5.97 Å². The number of rotatable bonds is 5. The first kappa shape index (κ1) is 19.3. The maximum absolute atomic E-state index is 12.9. The van der Waals surface area contributed by atoms with Crippen LogP contribution in [0.25, 0.3) is 22.3 Å². The number of carbonyl (C=O) groups excluding carboxylic acids is 1. The molecule has 0 radical (unpaired) electrons. The summed E-state index contributed by atoms with van der Waals surface area (Å²) >= 11 is 3.37. The van der Waals surface area contributed by atoms with E-state index in [1.807, 2.05) is 49.3 Å². The molecule has 0 spiro atoms. The number of nitrogens with zero attached hydrogens (tertiary/aromatic N) is 1. The van der Waals surface area contributed by atoms with Crippen molar-refractivity contribution in [2.45, 2.75) is 6.92 Å². The Morgan fingerprint density at radius 2 is 1.89 bits per heavy atom. The maximum Gasteiger partial charge on any atom is 0.342 e. The lowest BCUT2D eigenvalue weighted by atomic mass is 10.0. The van der Waals surface area contributed by atoms with E-state index in [9.17, 15) is 9.59 Å². The molecule has 0 unspecified atom stereocenters. The third kappa shape index (κ3) is 4.12. The van der Waals surface area contributed by atoms with Crippen LogP contribution in [0, 0.1) is 6.92 Å². The molecule has 0 aliphatic heterocycles. The lowest BCUT2D eigenvalue weighted by molar-refractivity contribution is 0.0483. The average molecular weight is 430 g/mol. The summed E-state index contributed by atoms with van der Waals surface area (Å²) in [5, 5.41) is 0.348. The van der Waals surface area contributed by atoms with Gasteiger partial charge in [0, 0.05) is 22.1 Å². The summed E-state index contributed by atoms with van der Waals surface area (Å²) in [6, 6.07) is 12.7. The van der Waals surface area contributed by atoms with Crippen LogP contribution in [-0.2, 0) is 4.74 Å². The van der Waals surface area contributed by atoms with Gasteiger partial charge in [0.05, 0.1) is 5.39 Å². The molecule has 0 bridgehead atoms. The molecule has 27 heavy (non-hydrogen) atoms. The van der Waals surface area contributed by atoms with Gasteiger partial charge in [0.25, 0.3) is 0 Å². The molecular weight excluding hydrogens is 410 g/mol. The minimum atomic E-state index is -0.519. The summed E-state index contributed by atoms with van der Waals surface area (Å²) in [7, 11) is 3.80. The molecule has 2 aromatic carbocycles. The SMILES string of the molecule is Cc1c(-c2ccccc2)oc2c(C(=O)OCCN(C)C)cc(Br)cc2c1=O. The summed E-state index contributed by atoms with van der Waals surface area (Å²) in [6.45, 7) is 2.58. The van der Waals surface area contributed by atoms with Gasteiger partial charge < -0.3 is 14.1 Å². The van der Waals surface area contributed by atoms with E-state index in [2.05, 4.69) is 15.9 Å².